The monoisotopic (exact) mass is 413 g/mol. The van der Waals surface area contributed by atoms with Crippen molar-refractivity contribution in [2.24, 2.45) is 5.92 Å². The first-order chi connectivity index (χ1) is 14.3. The van der Waals surface area contributed by atoms with Crippen LogP contribution >= 0.6 is 0 Å². The van der Waals surface area contributed by atoms with Crippen molar-refractivity contribution in [1.29, 1.82) is 0 Å². The number of piperidine rings is 1. The molecule has 2 N–H and O–H groups in total. The summed E-state index contributed by atoms with van der Waals surface area (Å²) in [6.45, 7) is 5.20. The quantitative estimate of drug-likeness (QED) is 0.743. The van der Waals surface area contributed by atoms with Gasteiger partial charge in [0.1, 0.15) is 6.04 Å². The number of hydrogen-bond acceptors (Lipinski definition) is 4. The highest BCUT2D eigenvalue weighted by Gasteiger charge is 2.45. The Kier molecular flexibility index (Phi) is 5.57. The van der Waals surface area contributed by atoms with E-state index in [1.807, 2.05) is 12.1 Å². The average molecular weight is 414 g/mol. The molecule has 0 spiro atoms. The molecule has 1 aliphatic carbocycles. The number of likely N-dealkylation sites (tertiary alicyclic amines) is 1. The van der Waals surface area contributed by atoms with Crippen LogP contribution in [-0.2, 0) is 9.59 Å². The smallest absolute Gasteiger partial charge is 0.329 e. The van der Waals surface area contributed by atoms with Gasteiger partial charge in [-0.2, -0.15) is 0 Å². The van der Waals surface area contributed by atoms with Crippen molar-refractivity contribution in [2.75, 3.05) is 18.0 Å². The number of carbonyl (C=O) groups excluding carboxylic acids is 3. The van der Waals surface area contributed by atoms with Crippen LogP contribution in [0.4, 0.5) is 10.5 Å². The van der Waals surface area contributed by atoms with Gasteiger partial charge in [-0.25, -0.2) is 9.69 Å². The molecule has 1 saturated carbocycles. The molecule has 0 bridgehead atoms. The van der Waals surface area contributed by atoms with Crippen molar-refractivity contribution >= 4 is 23.5 Å². The molecule has 2 heterocycles. The molecule has 30 heavy (non-hydrogen) atoms. The van der Waals surface area contributed by atoms with Crippen LogP contribution in [0.15, 0.2) is 24.3 Å². The molecule has 7 heteroatoms. The van der Waals surface area contributed by atoms with Gasteiger partial charge < -0.3 is 15.3 Å². The minimum atomic E-state index is -0.845. The van der Waals surface area contributed by atoms with E-state index in [2.05, 4.69) is 19.2 Å². The summed E-state index contributed by atoms with van der Waals surface area (Å²) >= 11 is 0. The van der Waals surface area contributed by atoms with Gasteiger partial charge in [0.05, 0.1) is 17.7 Å². The Bertz CT molecular complexity index is 837. The zero-order valence-electron chi connectivity index (χ0n) is 17.8. The summed E-state index contributed by atoms with van der Waals surface area (Å²) in [6, 6.07) is 6.03. The van der Waals surface area contributed by atoms with Gasteiger partial charge in [0, 0.05) is 19.0 Å². The van der Waals surface area contributed by atoms with Crippen molar-refractivity contribution in [3.63, 3.8) is 0 Å². The molecular weight excluding hydrogens is 382 g/mol. The average Bonchev–Trinajstić information content (AvgIpc) is 3.00. The summed E-state index contributed by atoms with van der Waals surface area (Å²) in [5, 5.41) is 13.5. The summed E-state index contributed by atoms with van der Waals surface area (Å²) in [5.41, 5.74) is 0.998. The minimum absolute atomic E-state index is 0.0453. The topological polar surface area (TPSA) is 90.0 Å². The van der Waals surface area contributed by atoms with Gasteiger partial charge in [0.25, 0.3) is 5.91 Å². The standard InChI is InChI=1S/C23H31N3O4/c1-15(2)16-6-8-18(9-7-16)26-21(28)19(24-22(26)29)13-20(27)25-12-11-23(30)10-4-3-5-17(23)14-25/h6-9,15,17,19,30H,3-5,10-14H2,1-2H3,(H,24,29)/t17-,19-,23-/m1/s1. The number of hydrogen-bond donors (Lipinski definition) is 2. The van der Waals surface area contributed by atoms with Crippen LogP contribution in [0.3, 0.4) is 0 Å². The zero-order valence-corrected chi connectivity index (χ0v) is 17.8. The van der Waals surface area contributed by atoms with Crippen LogP contribution < -0.4 is 10.2 Å². The summed E-state index contributed by atoms with van der Waals surface area (Å²) in [7, 11) is 0. The lowest BCUT2D eigenvalue weighted by molar-refractivity contribution is -0.144. The van der Waals surface area contributed by atoms with Gasteiger partial charge in [0.2, 0.25) is 5.91 Å². The predicted molar refractivity (Wildman–Crippen MR) is 113 cm³/mol. The van der Waals surface area contributed by atoms with Crippen molar-refractivity contribution in [3.8, 4) is 0 Å². The first-order valence-corrected chi connectivity index (χ1v) is 11.0. The maximum absolute atomic E-state index is 12.9. The van der Waals surface area contributed by atoms with E-state index in [4.69, 9.17) is 0 Å². The molecule has 3 atom stereocenters. The molecule has 1 aromatic carbocycles. The molecule has 2 saturated heterocycles. The summed E-state index contributed by atoms with van der Waals surface area (Å²) < 4.78 is 0. The third-order valence-corrected chi connectivity index (χ3v) is 7.00. The first kappa shape index (κ1) is 20.8. The Balaban J connectivity index is 1.40. The van der Waals surface area contributed by atoms with E-state index in [0.717, 1.165) is 36.1 Å². The molecular formula is C23H31N3O4. The third-order valence-electron chi connectivity index (χ3n) is 7.00. The van der Waals surface area contributed by atoms with Crippen LogP contribution in [0.25, 0.3) is 0 Å². The van der Waals surface area contributed by atoms with Gasteiger partial charge >= 0.3 is 6.03 Å². The summed E-state index contributed by atoms with van der Waals surface area (Å²) in [5.74, 6) is -0.0669. The lowest BCUT2D eigenvalue weighted by Crippen LogP contribution is -2.55. The van der Waals surface area contributed by atoms with Gasteiger partial charge in [0.15, 0.2) is 0 Å². The van der Waals surface area contributed by atoms with Crippen LogP contribution in [0, 0.1) is 5.92 Å². The van der Waals surface area contributed by atoms with Crippen molar-refractivity contribution in [1.82, 2.24) is 10.2 Å². The molecule has 0 radical (unpaired) electrons. The Labute approximate surface area is 177 Å². The molecule has 4 amide bonds. The SMILES string of the molecule is CC(C)c1ccc(N2C(=O)N[C@H](CC(=O)N3CC[C@]4(O)CCCC[C@@H]4C3)C2=O)cc1. The summed E-state index contributed by atoms with van der Waals surface area (Å²) in [4.78, 5) is 41.0. The van der Waals surface area contributed by atoms with E-state index in [0.29, 0.717) is 31.1 Å². The molecule has 7 nitrogen and oxygen atoms in total. The molecule has 0 aromatic heterocycles. The zero-order chi connectivity index (χ0) is 21.5. The Morgan fingerprint density at radius 3 is 2.63 bits per heavy atom. The van der Waals surface area contributed by atoms with Crippen molar-refractivity contribution in [2.45, 2.75) is 69.9 Å². The maximum Gasteiger partial charge on any atom is 0.329 e. The second kappa shape index (κ2) is 8.02. The number of carbonyl (C=O) groups is 3. The highest BCUT2D eigenvalue weighted by molar-refractivity contribution is 6.22. The molecule has 4 rings (SSSR count). The highest BCUT2D eigenvalue weighted by atomic mass is 16.3. The van der Waals surface area contributed by atoms with E-state index in [1.165, 1.54) is 0 Å². The Morgan fingerprint density at radius 2 is 1.93 bits per heavy atom. The lowest BCUT2D eigenvalue weighted by atomic mass is 9.71. The number of anilines is 1. The number of nitrogens with one attached hydrogen (secondary N) is 1. The molecule has 2 aliphatic heterocycles. The molecule has 162 valence electrons. The Hall–Kier alpha value is -2.41. The fourth-order valence-corrected chi connectivity index (χ4v) is 5.02. The number of nitrogens with zero attached hydrogens (tertiary/aromatic N) is 2. The number of urea groups is 1. The number of imide groups is 1. The number of fused-ring (bicyclic) bond motifs is 1. The molecule has 3 fully saturated rings. The maximum atomic E-state index is 12.9. The molecule has 3 aliphatic rings. The van der Waals surface area contributed by atoms with Gasteiger partial charge in [-0.1, -0.05) is 38.8 Å². The van der Waals surface area contributed by atoms with Crippen molar-refractivity contribution in [3.05, 3.63) is 29.8 Å². The third kappa shape index (κ3) is 3.83. The van der Waals surface area contributed by atoms with Crippen LogP contribution in [0.2, 0.25) is 0 Å². The second-order valence-electron chi connectivity index (χ2n) is 9.26. The number of rotatable bonds is 4. The van der Waals surface area contributed by atoms with E-state index in [9.17, 15) is 19.5 Å². The van der Waals surface area contributed by atoms with Gasteiger partial charge in [-0.3, -0.25) is 9.59 Å². The van der Waals surface area contributed by atoms with Crippen LogP contribution in [0.1, 0.15) is 63.9 Å². The number of benzene rings is 1. The van der Waals surface area contributed by atoms with Gasteiger partial charge in [-0.15, -0.1) is 0 Å². The number of amides is 4. The first-order valence-electron chi connectivity index (χ1n) is 11.0. The van der Waals surface area contributed by atoms with E-state index in [1.54, 1.807) is 17.0 Å². The summed E-state index contributed by atoms with van der Waals surface area (Å²) in [6.07, 6.45) is 4.40. The molecule has 0 unspecified atom stereocenters. The normalized spacial score (nSPS) is 29.2. The van der Waals surface area contributed by atoms with E-state index < -0.39 is 23.6 Å². The lowest BCUT2D eigenvalue weighted by Gasteiger charge is -2.47. The highest BCUT2D eigenvalue weighted by Crippen LogP contribution is 2.40. The van der Waals surface area contributed by atoms with Gasteiger partial charge in [-0.05, 0) is 42.9 Å². The predicted octanol–water partition coefficient (Wildman–Crippen LogP) is 2.78. The molecule has 1 aromatic rings. The van der Waals surface area contributed by atoms with E-state index in [-0.39, 0.29) is 18.2 Å². The van der Waals surface area contributed by atoms with Crippen LogP contribution in [-0.4, -0.2) is 52.6 Å². The van der Waals surface area contributed by atoms with E-state index >= 15 is 0 Å². The van der Waals surface area contributed by atoms with Crippen molar-refractivity contribution < 1.29 is 19.5 Å². The second-order valence-corrected chi connectivity index (χ2v) is 9.26. The van der Waals surface area contributed by atoms with Crippen LogP contribution in [0.5, 0.6) is 0 Å². The number of aliphatic hydroxyl groups is 1. The fourth-order valence-electron chi connectivity index (χ4n) is 5.02. The minimum Gasteiger partial charge on any atom is -0.389 e. The fraction of sp³-hybridized carbons (Fsp3) is 0.609. The Morgan fingerprint density at radius 1 is 1.20 bits per heavy atom. The largest absolute Gasteiger partial charge is 0.389 e.